The molecule has 0 amide bonds. The number of methoxy groups -OCH3 is 2. The van der Waals surface area contributed by atoms with Gasteiger partial charge >= 0.3 is 0 Å². The van der Waals surface area contributed by atoms with Crippen LogP contribution in [-0.4, -0.2) is 52.3 Å². The van der Waals surface area contributed by atoms with Gasteiger partial charge in [-0.25, -0.2) is 4.98 Å². The van der Waals surface area contributed by atoms with Gasteiger partial charge in [-0.05, 0) is 63.0 Å². The first-order chi connectivity index (χ1) is 14.6. The summed E-state index contributed by atoms with van der Waals surface area (Å²) in [6, 6.07) is 4.12. The van der Waals surface area contributed by atoms with Crippen LogP contribution in [0.4, 0.5) is 0 Å². The van der Waals surface area contributed by atoms with Gasteiger partial charge in [0.05, 0.1) is 26.1 Å². The van der Waals surface area contributed by atoms with E-state index < -0.39 is 0 Å². The number of aryl methyl sites for hydroxylation is 2. The Morgan fingerprint density at radius 3 is 2.43 bits per heavy atom. The minimum atomic E-state index is 0.295. The molecule has 2 aromatic heterocycles. The maximum absolute atomic E-state index is 5.46. The fourth-order valence-corrected chi connectivity index (χ4v) is 3.79. The van der Waals surface area contributed by atoms with E-state index in [1.54, 1.807) is 26.6 Å². The third-order valence-electron chi connectivity index (χ3n) is 5.63. The molecule has 30 heavy (non-hydrogen) atoms. The summed E-state index contributed by atoms with van der Waals surface area (Å²) in [7, 11) is 3.33. The largest absolute Gasteiger partial charge is 0.493 e. The Labute approximate surface area is 176 Å². The van der Waals surface area contributed by atoms with Crippen molar-refractivity contribution in [3.05, 3.63) is 47.2 Å². The highest BCUT2D eigenvalue weighted by atomic mass is 16.5. The molecule has 8 heteroatoms. The highest BCUT2D eigenvalue weighted by Gasteiger charge is 2.25. The highest BCUT2D eigenvalue weighted by molar-refractivity contribution is 5.47. The lowest BCUT2D eigenvalue weighted by molar-refractivity contribution is 0.199. The second-order valence-corrected chi connectivity index (χ2v) is 7.68. The van der Waals surface area contributed by atoms with Gasteiger partial charge in [0, 0.05) is 18.7 Å². The van der Waals surface area contributed by atoms with E-state index >= 15 is 0 Å². The molecule has 0 aliphatic carbocycles. The molecule has 1 aliphatic heterocycles. The van der Waals surface area contributed by atoms with Crippen LogP contribution in [0.25, 0.3) is 11.6 Å². The Morgan fingerprint density at radius 2 is 1.77 bits per heavy atom. The Balaban J connectivity index is 1.38. The molecular formula is C22H27N5O3. The summed E-state index contributed by atoms with van der Waals surface area (Å²) in [5.41, 5.74) is 3.93. The Morgan fingerprint density at radius 1 is 1.03 bits per heavy atom. The maximum Gasteiger partial charge on any atom is 0.278 e. The third-order valence-corrected chi connectivity index (χ3v) is 5.63. The number of aromatic nitrogens is 4. The Kier molecular flexibility index (Phi) is 5.94. The lowest BCUT2D eigenvalue weighted by atomic mass is 9.95. The summed E-state index contributed by atoms with van der Waals surface area (Å²) in [4.78, 5) is 15.6. The summed E-state index contributed by atoms with van der Waals surface area (Å²) in [5.74, 6) is 3.02. The molecule has 0 saturated carbocycles. The second kappa shape index (κ2) is 8.79. The lowest BCUT2D eigenvalue weighted by Gasteiger charge is -2.31. The number of piperidine rings is 1. The molecule has 0 unspecified atom stereocenters. The molecule has 3 heterocycles. The fraction of sp³-hybridized carbons (Fsp3) is 0.455. The predicted molar refractivity (Wildman–Crippen MR) is 112 cm³/mol. The molecule has 1 saturated heterocycles. The van der Waals surface area contributed by atoms with Crippen LogP contribution >= 0.6 is 0 Å². The zero-order chi connectivity index (χ0) is 21.1. The molecule has 0 N–H and O–H groups in total. The van der Waals surface area contributed by atoms with E-state index in [0.29, 0.717) is 17.5 Å². The van der Waals surface area contributed by atoms with Gasteiger partial charge in [0.2, 0.25) is 0 Å². The molecule has 1 fully saturated rings. The van der Waals surface area contributed by atoms with E-state index in [-0.39, 0.29) is 0 Å². The first kappa shape index (κ1) is 20.3. The normalized spacial score (nSPS) is 15.3. The molecule has 1 aromatic carbocycles. The van der Waals surface area contributed by atoms with Gasteiger partial charge in [0.1, 0.15) is 5.69 Å². The molecular weight excluding hydrogens is 382 g/mol. The summed E-state index contributed by atoms with van der Waals surface area (Å²) < 4.78 is 16.3. The molecule has 0 atom stereocenters. The van der Waals surface area contributed by atoms with Crippen molar-refractivity contribution < 1.29 is 14.0 Å². The van der Waals surface area contributed by atoms with Gasteiger partial charge in [-0.1, -0.05) is 5.16 Å². The number of benzene rings is 1. The van der Waals surface area contributed by atoms with E-state index in [1.807, 2.05) is 13.0 Å². The molecule has 0 bridgehead atoms. The van der Waals surface area contributed by atoms with Crippen LogP contribution in [-0.2, 0) is 6.54 Å². The highest BCUT2D eigenvalue weighted by Crippen LogP contribution is 2.32. The number of rotatable bonds is 6. The van der Waals surface area contributed by atoms with Gasteiger partial charge in [0.15, 0.2) is 17.3 Å². The third kappa shape index (κ3) is 4.28. The zero-order valence-corrected chi connectivity index (χ0v) is 17.9. The Hall–Kier alpha value is -3.00. The van der Waals surface area contributed by atoms with Crippen LogP contribution < -0.4 is 9.47 Å². The second-order valence-electron chi connectivity index (χ2n) is 7.68. The van der Waals surface area contributed by atoms with Crippen molar-refractivity contribution in [2.75, 3.05) is 27.3 Å². The Bertz CT molecular complexity index is 995. The number of hydrogen-bond acceptors (Lipinski definition) is 8. The molecule has 0 radical (unpaired) electrons. The average Bonchev–Trinajstić information content (AvgIpc) is 3.26. The standard InChI is InChI=1S/C22H27N5O3/c1-14-9-19(28-3)20(29-4)10-17(14)13-27-7-5-16(6-8-27)21-25-22(30-26-21)18-12-23-15(2)11-24-18/h9-12,16H,5-8,13H2,1-4H3. The SMILES string of the molecule is COc1cc(C)c(CN2CCC(c3noc(-c4cnc(C)cn4)n3)CC2)cc1OC. The van der Waals surface area contributed by atoms with Crippen LogP contribution in [0.15, 0.2) is 29.0 Å². The van der Waals surface area contributed by atoms with E-state index in [0.717, 1.165) is 55.5 Å². The van der Waals surface area contributed by atoms with Gasteiger partial charge in [-0.3, -0.25) is 9.88 Å². The van der Waals surface area contributed by atoms with E-state index in [1.165, 1.54) is 11.1 Å². The van der Waals surface area contributed by atoms with E-state index in [2.05, 4.69) is 38.0 Å². The van der Waals surface area contributed by atoms with Crippen LogP contribution in [0.1, 0.15) is 41.4 Å². The van der Waals surface area contributed by atoms with Gasteiger partial charge in [-0.2, -0.15) is 4.98 Å². The van der Waals surface area contributed by atoms with Crippen molar-refractivity contribution in [3.8, 4) is 23.1 Å². The number of hydrogen-bond donors (Lipinski definition) is 0. The van der Waals surface area contributed by atoms with E-state index in [4.69, 9.17) is 14.0 Å². The summed E-state index contributed by atoms with van der Waals surface area (Å²) >= 11 is 0. The first-order valence-electron chi connectivity index (χ1n) is 10.1. The smallest absolute Gasteiger partial charge is 0.278 e. The summed E-state index contributed by atoms with van der Waals surface area (Å²) in [5, 5.41) is 4.20. The molecule has 158 valence electrons. The van der Waals surface area contributed by atoms with Gasteiger partial charge < -0.3 is 14.0 Å². The van der Waals surface area contributed by atoms with Gasteiger partial charge in [-0.15, -0.1) is 0 Å². The zero-order valence-electron chi connectivity index (χ0n) is 17.9. The van der Waals surface area contributed by atoms with Crippen LogP contribution in [0, 0.1) is 13.8 Å². The lowest BCUT2D eigenvalue weighted by Crippen LogP contribution is -2.33. The van der Waals surface area contributed by atoms with Crippen molar-refractivity contribution in [1.82, 2.24) is 25.0 Å². The topological polar surface area (TPSA) is 86.4 Å². The monoisotopic (exact) mass is 409 g/mol. The summed E-state index contributed by atoms with van der Waals surface area (Å²) in [6.45, 7) is 6.85. The van der Waals surface area contributed by atoms with Crippen molar-refractivity contribution in [3.63, 3.8) is 0 Å². The molecule has 4 rings (SSSR count). The van der Waals surface area contributed by atoms with Gasteiger partial charge in [0.25, 0.3) is 5.89 Å². The molecule has 1 aliphatic rings. The maximum atomic E-state index is 5.46. The van der Waals surface area contributed by atoms with Crippen molar-refractivity contribution >= 4 is 0 Å². The van der Waals surface area contributed by atoms with E-state index in [9.17, 15) is 0 Å². The summed E-state index contributed by atoms with van der Waals surface area (Å²) in [6.07, 6.45) is 5.35. The predicted octanol–water partition coefficient (Wildman–Crippen LogP) is 3.54. The molecule has 0 spiro atoms. The van der Waals surface area contributed by atoms with Crippen molar-refractivity contribution in [1.29, 1.82) is 0 Å². The van der Waals surface area contributed by atoms with Crippen molar-refractivity contribution in [2.45, 2.75) is 39.2 Å². The minimum absolute atomic E-state index is 0.295. The quantitative estimate of drug-likeness (QED) is 0.611. The number of ether oxygens (including phenoxy) is 2. The molecule has 3 aromatic rings. The van der Waals surface area contributed by atoms with Crippen molar-refractivity contribution in [2.24, 2.45) is 0 Å². The molecule has 8 nitrogen and oxygen atoms in total. The average molecular weight is 409 g/mol. The first-order valence-corrected chi connectivity index (χ1v) is 10.1. The fourth-order valence-electron chi connectivity index (χ4n) is 3.79. The van der Waals surface area contributed by atoms with Crippen LogP contribution in [0.2, 0.25) is 0 Å². The van der Waals surface area contributed by atoms with Crippen LogP contribution in [0.3, 0.4) is 0 Å². The number of nitrogens with zero attached hydrogens (tertiary/aromatic N) is 5. The van der Waals surface area contributed by atoms with Crippen LogP contribution in [0.5, 0.6) is 11.5 Å². The number of likely N-dealkylation sites (tertiary alicyclic amines) is 1. The minimum Gasteiger partial charge on any atom is -0.493 e.